The number of halogens is 2. The smallest absolute Gasteiger partial charge is 0.266 e. The maximum atomic E-state index is 13.8. The van der Waals surface area contributed by atoms with E-state index in [1.807, 2.05) is 20.8 Å². The lowest BCUT2D eigenvalue weighted by Gasteiger charge is -2.16. The molecule has 0 bridgehead atoms. The molecule has 2 aromatic rings. The van der Waals surface area contributed by atoms with Gasteiger partial charge in [0.15, 0.2) is 0 Å². The molecule has 2 N–H and O–H groups in total. The largest absolute Gasteiger partial charge is 0.319 e. The van der Waals surface area contributed by atoms with Crippen molar-refractivity contribution in [1.29, 1.82) is 0 Å². The lowest BCUT2D eigenvalue weighted by Crippen LogP contribution is -2.27. The van der Waals surface area contributed by atoms with E-state index >= 15 is 0 Å². The van der Waals surface area contributed by atoms with Crippen molar-refractivity contribution in [3.63, 3.8) is 0 Å². The molecule has 2 rings (SSSR count). The normalized spacial score (nSPS) is 11.2. The highest BCUT2D eigenvalue weighted by atomic mass is 79.9. The van der Waals surface area contributed by atoms with Crippen molar-refractivity contribution in [2.24, 2.45) is 5.41 Å². The lowest BCUT2D eigenvalue weighted by atomic mass is 9.96. The first-order valence-corrected chi connectivity index (χ1v) is 8.87. The van der Waals surface area contributed by atoms with Crippen LogP contribution in [0.3, 0.4) is 0 Å². The summed E-state index contributed by atoms with van der Waals surface area (Å²) >= 11 is 4.33. The Balaban J connectivity index is 2.17. The highest BCUT2D eigenvalue weighted by Gasteiger charge is 2.23. The van der Waals surface area contributed by atoms with E-state index < -0.39 is 17.1 Å². The molecule has 4 nitrogen and oxygen atoms in total. The summed E-state index contributed by atoms with van der Waals surface area (Å²) in [6, 6.07) is 6.16. The van der Waals surface area contributed by atoms with Crippen LogP contribution >= 0.6 is 27.3 Å². The third kappa shape index (κ3) is 4.42. The third-order valence-corrected chi connectivity index (χ3v) is 4.87. The van der Waals surface area contributed by atoms with E-state index in [1.165, 1.54) is 12.1 Å². The number of rotatable bonds is 3. The molecule has 0 saturated heterocycles. The molecule has 0 aliphatic carbocycles. The van der Waals surface area contributed by atoms with E-state index in [0.29, 0.717) is 14.4 Å². The Hall–Kier alpha value is -1.73. The van der Waals surface area contributed by atoms with Gasteiger partial charge in [-0.1, -0.05) is 36.7 Å². The Bertz CT molecular complexity index is 796. The molecule has 1 aromatic heterocycles. The highest BCUT2D eigenvalue weighted by molar-refractivity contribution is 9.10. The quantitative estimate of drug-likeness (QED) is 0.727. The van der Waals surface area contributed by atoms with Gasteiger partial charge in [0.25, 0.3) is 5.91 Å². The van der Waals surface area contributed by atoms with Crippen LogP contribution in [0.15, 0.2) is 28.7 Å². The van der Waals surface area contributed by atoms with Crippen molar-refractivity contribution in [3.8, 4) is 0 Å². The van der Waals surface area contributed by atoms with E-state index in [-0.39, 0.29) is 11.6 Å². The molecule has 128 valence electrons. The number of aryl methyl sites for hydroxylation is 1. The van der Waals surface area contributed by atoms with Gasteiger partial charge in [0.05, 0.1) is 15.6 Å². The fourth-order valence-electron chi connectivity index (χ4n) is 1.84. The van der Waals surface area contributed by atoms with Gasteiger partial charge < -0.3 is 10.6 Å². The van der Waals surface area contributed by atoms with Crippen molar-refractivity contribution in [1.82, 2.24) is 0 Å². The third-order valence-electron chi connectivity index (χ3n) is 3.22. The first kappa shape index (κ1) is 18.6. The Labute approximate surface area is 152 Å². The Morgan fingerprint density at radius 3 is 2.42 bits per heavy atom. The van der Waals surface area contributed by atoms with Crippen LogP contribution in [-0.2, 0) is 4.79 Å². The van der Waals surface area contributed by atoms with Crippen molar-refractivity contribution >= 4 is 49.8 Å². The molecule has 0 fully saturated rings. The van der Waals surface area contributed by atoms with Crippen LogP contribution in [0.25, 0.3) is 0 Å². The van der Waals surface area contributed by atoms with E-state index in [1.54, 1.807) is 19.1 Å². The summed E-state index contributed by atoms with van der Waals surface area (Å²) in [6.45, 7) is 7.21. The van der Waals surface area contributed by atoms with Crippen LogP contribution in [0.5, 0.6) is 0 Å². The second-order valence-electron chi connectivity index (χ2n) is 6.41. The van der Waals surface area contributed by atoms with Gasteiger partial charge in [0, 0.05) is 9.89 Å². The van der Waals surface area contributed by atoms with Crippen LogP contribution < -0.4 is 10.6 Å². The minimum Gasteiger partial charge on any atom is -0.319 e. The van der Waals surface area contributed by atoms with Crippen molar-refractivity contribution in [2.75, 3.05) is 10.6 Å². The molecule has 1 aromatic carbocycles. The Kier molecular flexibility index (Phi) is 5.45. The van der Waals surface area contributed by atoms with Gasteiger partial charge in [-0.2, -0.15) is 0 Å². The first-order chi connectivity index (χ1) is 11.1. The Morgan fingerprint density at radius 1 is 1.17 bits per heavy atom. The molecule has 7 heteroatoms. The number of benzene rings is 1. The SMILES string of the molecule is Cc1cc(NC(=O)C(C)(C)C)sc1C(=O)Nc1ccc(Br)cc1F. The number of hydrogen-bond acceptors (Lipinski definition) is 3. The number of nitrogens with one attached hydrogen (secondary N) is 2. The monoisotopic (exact) mass is 412 g/mol. The molecular weight excluding hydrogens is 395 g/mol. The van der Waals surface area contributed by atoms with Gasteiger partial charge in [0.1, 0.15) is 5.82 Å². The zero-order chi connectivity index (χ0) is 18.1. The van der Waals surface area contributed by atoms with Gasteiger partial charge in [-0.05, 0) is 36.8 Å². The van der Waals surface area contributed by atoms with Gasteiger partial charge >= 0.3 is 0 Å². The molecule has 0 aliphatic heterocycles. The van der Waals surface area contributed by atoms with Gasteiger partial charge in [-0.15, -0.1) is 11.3 Å². The average molecular weight is 413 g/mol. The van der Waals surface area contributed by atoms with Crippen molar-refractivity contribution in [3.05, 3.63) is 45.0 Å². The molecule has 0 radical (unpaired) electrons. The number of anilines is 2. The van der Waals surface area contributed by atoms with Crippen LogP contribution in [0.1, 0.15) is 36.0 Å². The summed E-state index contributed by atoms with van der Waals surface area (Å²) in [7, 11) is 0. The summed E-state index contributed by atoms with van der Waals surface area (Å²) in [5.41, 5.74) is 0.302. The van der Waals surface area contributed by atoms with Gasteiger partial charge in [-0.3, -0.25) is 9.59 Å². The van der Waals surface area contributed by atoms with E-state index in [4.69, 9.17) is 0 Å². The standard InChI is InChI=1S/C17H18BrFN2O2S/c1-9-7-13(21-16(23)17(2,3)4)24-14(9)15(22)20-12-6-5-10(18)8-11(12)19/h5-8H,1-4H3,(H,20,22)(H,21,23). The topological polar surface area (TPSA) is 58.2 Å². The maximum Gasteiger partial charge on any atom is 0.266 e. The minimum atomic E-state index is -0.527. The molecule has 0 unspecified atom stereocenters. The number of carbonyl (C=O) groups is 2. The highest BCUT2D eigenvalue weighted by Crippen LogP contribution is 2.29. The Morgan fingerprint density at radius 2 is 1.83 bits per heavy atom. The van der Waals surface area contributed by atoms with Crippen LogP contribution in [0, 0.1) is 18.2 Å². The van der Waals surface area contributed by atoms with Crippen molar-refractivity contribution < 1.29 is 14.0 Å². The van der Waals surface area contributed by atoms with Crippen LogP contribution in [0.4, 0.5) is 15.1 Å². The summed E-state index contributed by atoms with van der Waals surface area (Å²) in [4.78, 5) is 24.8. The van der Waals surface area contributed by atoms with E-state index in [2.05, 4.69) is 26.6 Å². The summed E-state index contributed by atoms with van der Waals surface area (Å²) in [5.74, 6) is -1.06. The van der Waals surface area contributed by atoms with Crippen LogP contribution in [-0.4, -0.2) is 11.8 Å². The number of amides is 2. The number of hydrogen-bond donors (Lipinski definition) is 2. The van der Waals surface area contributed by atoms with Gasteiger partial charge in [0.2, 0.25) is 5.91 Å². The summed E-state index contributed by atoms with van der Waals surface area (Å²) in [5, 5.41) is 5.95. The summed E-state index contributed by atoms with van der Waals surface area (Å²) < 4.78 is 14.4. The second-order valence-corrected chi connectivity index (χ2v) is 8.37. The number of carbonyl (C=O) groups excluding carboxylic acids is 2. The second kappa shape index (κ2) is 7.03. The molecule has 0 atom stereocenters. The van der Waals surface area contributed by atoms with E-state index in [9.17, 15) is 14.0 Å². The molecule has 2 amide bonds. The van der Waals surface area contributed by atoms with Crippen molar-refractivity contribution in [2.45, 2.75) is 27.7 Å². The maximum absolute atomic E-state index is 13.8. The molecule has 0 spiro atoms. The molecular formula is C17H18BrFN2O2S. The fraction of sp³-hybridized carbons (Fsp3) is 0.294. The zero-order valence-electron chi connectivity index (χ0n) is 13.8. The first-order valence-electron chi connectivity index (χ1n) is 7.26. The lowest BCUT2D eigenvalue weighted by molar-refractivity contribution is -0.123. The minimum absolute atomic E-state index is 0.108. The zero-order valence-corrected chi connectivity index (χ0v) is 16.2. The predicted molar refractivity (Wildman–Crippen MR) is 99.2 cm³/mol. The van der Waals surface area contributed by atoms with E-state index in [0.717, 1.165) is 16.9 Å². The molecule has 24 heavy (non-hydrogen) atoms. The molecule has 0 aliphatic rings. The van der Waals surface area contributed by atoms with Gasteiger partial charge in [-0.25, -0.2) is 4.39 Å². The molecule has 0 saturated carbocycles. The molecule has 1 heterocycles. The predicted octanol–water partition coefficient (Wildman–Crippen LogP) is 5.20. The fourth-order valence-corrected chi connectivity index (χ4v) is 3.13. The summed E-state index contributed by atoms with van der Waals surface area (Å²) in [6.07, 6.45) is 0. The average Bonchev–Trinajstić information content (AvgIpc) is 2.81. The van der Waals surface area contributed by atoms with Crippen LogP contribution in [0.2, 0.25) is 0 Å². The number of thiophene rings is 1.